The maximum atomic E-state index is 12.7. The van der Waals surface area contributed by atoms with Gasteiger partial charge in [-0.1, -0.05) is 23.7 Å². The van der Waals surface area contributed by atoms with Gasteiger partial charge in [-0.15, -0.1) is 0 Å². The molecule has 0 aliphatic carbocycles. The molecule has 4 aromatic rings. The summed E-state index contributed by atoms with van der Waals surface area (Å²) < 4.78 is 5.35. The van der Waals surface area contributed by atoms with Crippen molar-refractivity contribution in [2.75, 3.05) is 19.0 Å². The van der Waals surface area contributed by atoms with Gasteiger partial charge in [0.1, 0.15) is 5.75 Å². The van der Waals surface area contributed by atoms with Crippen molar-refractivity contribution in [1.82, 2.24) is 20.3 Å². The number of anilines is 1. The smallest absolute Gasteiger partial charge is 0.250 e. The van der Waals surface area contributed by atoms with Gasteiger partial charge >= 0.3 is 0 Å². The molecule has 36 heavy (non-hydrogen) atoms. The third-order valence-corrected chi connectivity index (χ3v) is 5.63. The summed E-state index contributed by atoms with van der Waals surface area (Å²) >= 11 is 5.93. The van der Waals surface area contributed by atoms with E-state index < -0.39 is 0 Å². The number of amides is 1. The van der Waals surface area contributed by atoms with Crippen LogP contribution in [0.1, 0.15) is 22.5 Å². The summed E-state index contributed by atoms with van der Waals surface area (Å²) in [6.45, 7) is 4.20. The number of hydrogen-bond acceptors (Lipinski definition) is 5. The normalized spacial score (nSPS) is 11.7. The van der Waals surface area contributed by atoms with Gasteiger partial charge in [0, 0.05) is 46.1 Å². The van der Waals surface area contributed by atoms with Gasteiger partial charge in [-0.2, -0.15) is 0 Å². The molecule has 0 aliphatic heterocycles. The second-order valence-electron chi connectivity index (χ2n) is 8.18. The highest BCUT2D eigenvalue weighted by atomic mass is 35.5. The molecule has 3 N–H and O–H groups in total. The van der Waals surface area contributed by atoms with E-state index in [9.17, 15) is 4.79 Å². The number of rotatable bonds is 7. The fourth-order valence-corrected chi connectivity index (χ4v) is 3.81. The number of nitrogens with zero attached hydrogens (tertiary/aromatic N) is 3. The minimum atomic E-state index is -0.336. The zero-order chi connectivity index (χ0) is 25.5. The number of aryl methyl sites for hydroxylation is 2. The Morgan fingerprint density at radius 2 is 1.86 bits per heavy atom. The second kappa shape index (κ2) is 11.5. The van der Waals surface area contributed by atoms with E-state index in [0.717, 1.165) is 39.2 Å². The van der Waals surface area contributed by atoms with E-state index in [4.69, 9.17) is 16.3 Å². The minimum Gasteiger partial charge on any atom is -0.497 e. The average molecular weight is 503 g/mol. The first-order valence-corrected chi connectivity index (χ1v) is 11.8. The van der Waals surface area contributed by atoms with Crippen LogP contribution in [-0.2, 0) is 11.2 Å². The van der Waals surface area contributed by atoms with Gasteiger partial charge in [0.2, 0.25) is 11.9 Å². The molecule has 0 bridgehead atoms. The highest BCUT2D eigenvalue weighted by molar-refractivity contribution is 6.30. The summed E-state index contributed by atoms with van der Waals surface area (Å²) in [6, 6.07) is 15.0. The van der Waals surface area contributed by atoms with Gasteiger partial charge in [-0.05, 0) is 73.9 Å². The quantitative estimate of drug-likeness (QED) is 0.186. The van der Waals surface area contributed by atoms with E-state index in [-0.39, 0.29) is 11.9 Å². The zero-order valence-corrected chi connectivity index (χ0v) is 21.1. The highest BCUT2D eigenvalue weighted by Crippen LogP contribution is 2.24. The number of halogens is 1. The van der Waals surface area contributed by atoms with E-state index in [1.807, 2.05) is 56.4 Å². The third-order valence-electron chi connectivity index (χ3n) is 5.38. The summed E-state index contributed by atoms with van der Waals surface area (Å²) in [7, 11) is 1.65. The number of aromatic nitrogens is 3. The Morgan fingerprint density at radius 3 is 2.58 bits per heavy atom. The van der Waals surface area contributed by atoms with Crippen LogP contribution in [-0.4, -0.2) is 40.5 Å². The fourth-order valence-electron chi connectivity index (χ4n) is 3.68. The molecule has 0 radical (unpaired) electrons. The monoisotopic (exact) mass is 502 g/mol. The fraction of sp³-hybridized carbons (Fsp3) is 0.185. The van der Waals surface area contributed by atoms with Gasteiger partial charge in [-0.3, -0.25) is 20.4 Å². The number of ether oxygens (including phenoxy) is 1. The maximum Gasteiger partial charge on any atom is 0.250 e. The van der Waals surface area contributed by atoms with Crippen molar-refractivity contribution in [1.29, 1.82) is 0 Å². The molecule has 0 atom stereocenters. The predicted molar refractivity (Wildman–Crippen MR) is 145 cm³/mol. The summed E-state index contributed by atoms with van der Waals surface area (Å²) in [5, 5.41) is 7.56. The largest absolute Gasteiger partial charge is 0.497 e. The molecule has 1 amide bonds. The van der Waals surface area contributed by atoms with Crippen molar-refractivity contribution in [3.63, 3.8) is 0 Å². The lowest BCUT2D eigenvalue weighted by molar-refractivity contribution is -0.115. The lowest BCUT2D eigenvalue weighted by atomic mass is 10.1. The molecule has 2 heterocycles. The van der Waals surface area contributed by atoms with Crippen LogP contribution in [0.25, 0.3) is 17.0 Å². The van der Waals surface area contributed by atoms with Gasteiger partial charge in [-0.25, -0.2) is 9.97 Å². The predicted octanol–water partition coefficient (Wildman–Crippen LogP) is 5.08. The van der Waals surface area contributed by atoms with Crippen LogP contribution in [0.2, 0.25) is 5.02 Å². The van der Waals surface area contributed by atoms with Crippen molar-refractivity contribution in [3.05, 3.63) is 88.3 Å². The SMILES string of the molecule is COc1ccc2[nH]cc(CCN=C(NC(=O)/C=C/c3ccc(Cl)cc3)Nc3nc(C)cc(C)n3)c2c1. The van der Waals surface area contributed by atoms with E-state index in [1.54, 1.807) is 25.3 Å². The Bertz CT molecular complexity index is 1410. The number of nitrogens with one attached hydrogen (secondary N) is 3. The summed E-state index contributed by atoms with van der Waals surface area (Å²) in [4.78, 5) is 29.3. The van der Waals surface area contributed by atoms with Gasteiger partial charge in [0.15, 0.2) is 0 Å². The second-order valence-corrected chi connectivity index (χ2v) is 8.62. The Morgan fingerprint density at radius 1 is 1.11 bits per heavy atom. The molecule has 4 rings (SSSR count). The lowest BCUT2D eigenvalue weighted by Crippen LogP contribution is -2.35. The number of methoxy groups -OCH3 is 1. The molecule has 0 unspecified atom stereocenters. The van der Waals surface area contributed by atoms with Crippen LogP contribution in [0.3, 0.4) is 0 Å². The average Bonchev–Trinajstić information content (AvgIpc) is 3.25. The number of fused-ring (bicyclic) bond motifs is 1. The first-order valence-electron chi connectivity index (χ1n) is 11.4. The molecule has 2 aromatic heterocycles. The van der Waals surface area contributed by atoms with Crippen molar-refractivity contribution in [2.24, 2.45) is 4.99 Å². The van der Waals surface area contributed by atoms with E-state index in [2.05, 4.69) is 30.6 Å². The molecule has 2 aromatic carbocycles. The lowest BCUT2D eigenvalue weighted by Gasteiger charge is -2.10. The minimum absolute atomic E-state index is 0.267. The van der Waals surface area contributed by atoms with Crippen LogP contribution in [0.4, 0.5) is 5.95 Å². The summed E-state index contributed by atoms with van der Waals surface area (Å²) in [5.74, 6) is 1.09. The Balaban J connectivity index is 1.50. The molecule has 0 saturated heterocycles. The van der Waals surface area contributed by atoms with E-state index in [1.165, 1.54) is 6.08 Å². The van der Waals surface area contributed by atoms with Crippen molar-refractivity contribution in [3.8, 4) is 5.75 Å². The van der Waals surface area contributed by atoms with Crippen LogP contribution >= 0.6 is 11.6 Å². The van der Waals surface area contributed by atoms with E-state index in [0.29, 0.717) is 23.9 Å². The van der Waals surface area contributed by atoms with Crippen LogP contribution < -0.4 is 15.4 Å². The summed E-state index contributed by atoms with van der Waals surface area (Å²) in [6.07, 6.45) is 5.76. The summed E-state index contributed by atoms with van der Waals surface area (Å²) in [5.41, 5.74) is 4.60. The van der Waals surface area contributed by atoms with Crippen molar-refractivity contribution in [2.45, 2.75) is 20.3 Å². The first kappa shape index (κ1) is 24.9. The number of carbonyl (C=O) groups excluding carboxylic acids is 1. The molecular formula is C27H27ClN6O2. The Hall–Kier alpha value is -4.17. The molecular weight excluding hydrogens is 476 g/mol. The number of H-pyrrole nitrogens is 1. The third kappa shape index (κ3) is 6.70. The highest BCUT2D eigenvalue weighted by Gasteiger charge is 2.09. The molecule has 0 aliphatic rings. The van der Waals surface area contributed by atoms with Crippen LogP contribution in [0, 0.1) is 13.8 Å². The van der Waals surface area contributed by atoms with Crippen molar-refractivity contribution >= 4 is 46.4 Å². The molecule has 0 spiro atoms. The standard InChI is InChI=1S/C27H27ClN6O2/c1-17-14-18(2)32-27(31-17)34-26(33-25(35)11-6-19-4-7-21(28)8-5-19)29-13-12-20-16-30-24-10-9-22(36-3)15-23(20)24/h4-11,14-16,30H,12-13H2,1-3H3,(H2,29,31,32,33,34,35)/b11-6+. The molecule has 0 saturated carbocycles. The number of aromatic amines is 1. The number of carbonyl (C=O) groups is 1. The zero-order valence-electron chi connectivity index (χ0n) is 20.3. The number of hydrogen-bond donors (Lipinski definition) is 3. The first-order chi connectivity index (χ1) is 17.4. The van der Waals surface area contributed by atoms with E-state index >= 15 is 0 Å². The molecule has 0 fully saturated rings. The van der Waals surface area contributed by atoms with Gasteiger partial charge < -0.3 is 9.72 Å². The Labute approximate surface area is 214 Å². The maximum absolute atomic E-state index is 12.7. The van der Waals surface area contributed by atoms with Crippen LogP contribution in [0.5, 0.6) is 5.75 Å². The number of aliphatic imine (C=N–C) groups is 1. The molecule has 184 valence electrons. The molecule has 9 heteroatoms. The molecule has 8 nitrogen and oxygen atoms in total. The number of guanidine groups is 1. The van der Waals surface area contributed by atoms with Gasteiger partial charge in [0.05, 0.1) is 7.11 Å². The number of benzene rings is 2. The van der Waals surface area contributed by atoms with Crippen LogP contribution in [0.15, 0.2) is 65.8 Å². The Kier molecular flexibility index (Phi) is 7.97. The topological polar surface area (TPSA) is 104 Å². The van der Waals surface area contributed by atoms with Gasteiger partial charge in [0.25, 0.3) is 5.91 Å². The van der Waals surface area contributed by atoms with Crippen molar-refractivity contribution < 1.29 is 9.53 Å².